The minimum absolute atomic E-state index is 0. The Morgan fingerprint density at radius 3 is 1.98 bits per heavy atom. The average Bonchev–Trinajstić information content (AvgIpc) is 3.92. The number of hydrogen-bond donors (Lipinski definition) is 0. The number of aromatic nitrogens is 2. The molecule has 0 amide bonds. The van der Waals surface area contributed by atoms with Crippen molar-refractivity contribution >= 4 is 44.6 Å². The van der Waals surface area contributed by atoms with Gasteiger partial charge in [-0.05, 0) is 94.0 Å². The molecule has 5 aliphatic heterocycles. The standard InChI is InChI=1S/C59H43N4O2.Pt/c1-38-32-57-60-36-52(38)41-22-27-45(28-23-41)64-44-25-20-40(21-26-44)49-17-11-16-48(39-12-6-5-7-13-39)58(49)62-37-61(54-18-8-9-19-55(54)62)43-14-10-15-46(34-43)65-47-29-30-50-51-33-42(59(2,3)4)24-31-53(51)63(57)56(50)35-47;/h5-33,36-37H,1-4H3;/q-3;/i1D3,24D,31D,33D;. The second kappa shape index (κ2) is 16.2. The third-order valence-corrected chi connectivity index (χ3v) is 12.1. The summed E-state index contributed by atoms with van der Waals surface area (Å²) in [6.07, 6.45) is 1.53. The molecular formula is C59H43N4O2Pt-3. The average molecular weight is 1040 g/mol. The van der Waals surface area contributed by atoms with Crippen LogP contribution in [0.5, 0.6) is 23.0 Å². The molecule has 0 aliphatic carbocycles. The molecule has 5 aliphatic rings. The first kappa shape index (κ1) is 34.9. The molecule has 0 atom stereocenters. The smallest absolute Gasteiger partial charge is 0.135 e. The van der Waals surface area contributed by atoms with Crippen molar-refractivity contribution in [3.63, 3.8) is 0 Å². The molecule has 15 rings (SSSR count). The Kier molecular flexibility index (Phi) is 8.59. The molecule has 66 heavy (non-hydrogen) atoms. The van der Waals surface area contributed by atoms with Crippen LogP contribution in [0.1, 0.15) is 40.1 Å². The van der Waals surface area contributed by atoms with E-state index in [1.54, 1.807) is 22.8 Å². The van der Waals surface area contributed by atoms with Crippen molar-refractivity contribution in [2.75, 3.05) is 9.80 Å². The zero-order valence-electron chi connectivity index (χ0n) is 42.1. The van der Waals surface area contributed by atoms with Gasteiger partial charge >= 0.3 is 0 Å². The number of fused-ring (bicyclic) bond motifs is 6. The van der Waals surface area contributed by atoms with Crippen molar-refractivity contribution < 1.29 is 38.8 Å². The van der Waals surface area contributed by atoms with Crippen molar-refractivity contribution in [3.8, 4) is 62.2 Å². The molecule has 12 bridgehead atoms. The van der Waals surface area contributed by atoms with Crippen molar-refractivity contribution in [2.45, 2.75) is 33.0 Å². The van der Waals surface area contributed by atoms with Crippen LogP contribution < -0.4 is 19.3 Å². The van der Waals surface area contributed by atoms with Crippen LogP contribution in [0.2, 0.25) is 0 Å². The van der Waals surface area contributed by atoms with Crippen LogP contribution in [-0.2, 0) is 26.5 Å². The maximum atomic E-state index is 9.59. The fourth-order valence-electron chi connectivity index (χ4n) is 8.84. The molecule has 6 nitrogen and oxygen atoms in total. The Morgan fingerprint density at radius 1 is 0.621 bits per heavy atom. The Bertz CT molecular complexity index is 3760. The summed E-state index contributed by atoms with van der Waals surface area (Å²) in [5.74, 6) is 2.09. The van der Waals surface area contributed by atoms with Gasteiger partial charge in [-0.2, -0.15) is 12.1 Å². The fraction of sp³-hybridized carbons (Fsp3) is 0.0847. The van der Waals surface area contributed by atoms with Crippen molar-refractivity contribution in [1.82, 2.24) is 9.55 Å². The van der Waals surface area contributed by atoms with Gasteiger partial charge in [-0.25, -0.2) is 4.98 Å². The number of rotatable bonds is 1. The summed E-state index contributed by atoms with van der Waals surface area (Å²) in [5.41, 5.74) is 9.22. The van der Waals surface area contributed by atoms with Gasteiger partial charge in [0.05, 0.1) is 4.11 Å². The van der Waals surface area contributed by atoms with Crippen LogP contribution in [-0.4, -0.2) is 9.55 Å². The third-order valence-electron chi connectivity index (χ3n) is 12.1. The Balaban J connectivity index is 0.00000560. The van der Waals surface area contributed by atoms with E-state index in [9.17, 15) is 4.11 Å². The van der Waals surface area contributed by atoms with E-state index >= 15 is 0 Å². The minimum atomic E-state index is -2.58. The molecule has 0 radical (unpaired) electrons. The van der Waals surface area contributed by atoms with E-state index in [0.717, 1.165) is 45.0 Å². The van der Waals surface area contributed by atoms with Gasteiger partial charge in [0.1, 0.15) is 17.3 Å². The number of aryl methyl sites for hydroxylation is 1. The number of pyridine rings is 1. The van der Waals surface area contributed by atoms with E-state index in [2.05, 4.69) is 83.2 Å². The van der Waals surface area contributed by atoms with Crippen LogP contribution in [0, 0.1) is 25.7 Å². The number of hydrogen-bond acceptors (Lipinski definition) is 5. The molecular weight excluding hydrogens is 992 g/mol. The number of benzene rings is 8. The van der Waals surface area contributed by atoms with Crippen LogP contribution in [0.4, 0.5) is 22.7 Å². The normalized spacial score (nSPS) is 14.3. The predicted octanol–water partition coefficient (Wildman–Crippen LogP) is 15.7. The number of ether oxygens (including phenoxy) is 2. The molecule has 0 saturated carbocycles. The largest absolute Gasteiger partial charge is 0.509 e. The molecule has 2 aromatic heterocycles. The van der Waals surface area contributed by atoms with Crippen molar-refractivity contribution in [3.05, 3.63) is 212 Å². The van der Waals surface area contributed by atoms with Crippen molar-refractivity contribution in [2.24, 2.45) is 0 Å². The van der Waals surface area contributed by atoms with Crippen LogP contribution >= 0.6 is 0 Å². The first-order chi connectivity index (χ1) is 34.2. The zero-order chi connectivity index (χ0) is 48.9. The SMILES string of the molecule is [2H]c1c(C(C)(C)C)c([2H])c2c3ccc4[c-]c3n(c2c1[2H])-c1cc(C([2H])([2H])[2H])c(cn1)-c1ccc(cc1)Oc1ccc(cc1)-c1cccc(-c2ccccc2)c1N1[CH-]N(c2[c-]c(ccc2)O4)c2ccccc21.[Pt]. The van der Waals surface area contributed by atoms with Gasteiger partial charge in [-0.15, -0.1) is 48.1 Å². The third kappa shape index (κ3) is 7.13. The van der Waals surface area contributed by atoms with Crippen LogP contribution in [0.25, 0.3) is 61.0 Å². The molecule has 324 valence electrons. The van der Waals surface area contributed by atoms with Gasteiger partial charge < -0.3 is 23.8 Å². The second-order valence-corrected chi connectivity index (χ2v) is 17.3. The van der Waals surface area contributed by atoms with E-state index in [1.807, 2.05) is 99.6 Å². The summed E-state index contributed by atoms with van der Waals surface area (Å²) in [6, 6.07) is 57.9. The maximum Gasteiger partial charge on any atom is 0.135 e. The maximum absolute atomic E-state index is 9.59. The summed E-state index contributed by atoms with van der Waals surface area (Å²) in [6.45, 7) is 5.28. The number of nitrogens with zero attached hydrogens (tertiary/aromatic N) is 4. The van der Waals surface area contributed by atoms with Gasteiger partial charge in [0.2, 0.25) is 0 Å². The predicted molar refractivity (Wildman–Crippen MR) is 264 cm³/mol. The van der Waals surface area contributed by atoms with Crippen molar-refractivity contribution in [1.29, 1.82) is 0 Å². The second-order valence-electron chi connectivity index (χ2n) is 17.3. The van der Waals surface area contributed by atoms with Gasteiger partial charge in [-0.3, -0.25) is 0 Å². The summed E-state index contributed by atoms with van der Waals surface area (Å²) in [5, 5.41) is 1.01. The Hall–Kier alpha value is -7.40. The molecule has 0 unspecified atom stereocenters. The van der Waals surface area contributed by atoms with Gasteiger partial charge in [0.15, 0.2) is 0 Å². The molecule has 10 aromatic rings. The molecule has 8 aromatic carbocycles. The Morgan fingerprint density at radius 2 is 1.27 bits per heavy atom. The number of anilines is 4. The van der Waals surface area contributed by atoms with E-state index in [-0.39, 0.29) is 56.1 Å². The van der Waals surface area contributed by atoms with Crippen LogP contribution in [0.3, 0.4) is 0 Å². The van der Waals surface area contributed by atoms with Gasteiger partial charge in [0, 0.05) is 82.1 Å². The Labute approximate surface area is 408 Å². The van der Waals surface area contributed by atoms with Gasteiger partial charge in [0.25, 0.3) is 0 Å². The monoisotopic (exact) mass is 1040 g/mol. The molecule has 7 heteroatoms. The summed E-state index contributed by atoms with van der Waals surface area (Å²) >= 11 is 0. The molecule has 0 fully saturated rings. The first-order valence-electron chi connectivity index (χ1n) is 24.5. The van der Waals surface area contributed by atoms with Crippen LogP contribution in [0.15, 0.2) is 182 Å². The topological polar surface area (TPSA) is 42.8 Å². The summed E-state index contributed by atoms with van der Waals surface area (Å²) in [7, 11) is 0. The van der Waals surface area contributed by atoms with E-state index in [0.29, 0.717) is 56.0 Å². The number of para-hydroxylation sites is 3. The molecule has 0 spiro atoms. The molecule has 7 heterocycles. The molecule has 0 N–H and O–H groups in total. The first-order valence-corrected chi connectivity index (χ1v) is 21.5. The summed E-state index contributed by atoms with van der Waals surface area (Å²) in [4.78, 5) is 9.21. The summed E-state index contributed by atoms with van der Waals surface area (Å²) < 4.78 is 69.3. The molecule has 0 saturated heterocycles. The fourth-order valence-corrected chi connectivity index (χ4v) is 8.84. The zero-order valence-corrected chi connectivity index (χ0v) is 38.4. The van der Waals surface area contributed by atoms with E-state index in [4.69, 9.17) is 18.6 Å². The van der Waals surface area contributed by atoms with Gasteiger partial charge in [-0.1, -0.05) is 123 Å². The quantitative estimate of drug-likeness (QED) is 0.153. The van der Waals surface area contributed by atoms with E-state index in [1.165, 1.54) is 12.3 Å². The minimum Gasteiger partial charge on any atom is -0.509 e. The van der Waals surface area contributed by atoms with E-state index < -0.39 is 12.3 Å².